The minimum absolute atomic E-state index is 0.225. The lowest BCUT2D eigenvalue weighted by atomic mass is 9.73. The van der Waals surface area contributed by atoms with Crippen LogP contribution in [0.15, 0.2) is 24.3 Å². The van der Waals surface area contributed by atoms with Crippen LogP contribution in [-0.4, -0.2) is 11.7 Å². The van der Waals surface area contributed by atoms with Crippen LogP contribution in [0.4, 0.5) is 4.39 Å². The lowest BCUT2D eigenvalue weighted by Gasteiger charge is -2.37. The van der Waals surface area contributed by atoms with E-state index < -0.39 is 5.67 Å². The number of hydrogen-bond donors (Lipinski definition) is 1. The molecule has 1 fully saturated rings. The molecule has 2 aliphatic rings. The van der Waals surface area contributed by atoms with Crippen molar-refractivity contribution in [2.45, 2.75) is 69.0 Å². The van der Waals surface area contributed by atoms with Crippen LogP contribution in [0.1, 0.15) is 62.0 Å². The highest BCUT2D eigenvalue weighted by atomic mass is 19.1. The maximum atomic E-state index is 15.0. The third-order valence-corrected chi connectivity index (χ3v) is 5.03. The van der Waals surface area contributed by atoms with Gasteiger partial charge in [0.15, 0.2) is 0 Å². The van der Waals surface area contributed by atoms with Crippen molar-refractivity contribution >= 4 is 0 Å². The minimum atomic E-state index is -0.967. The van der Waals surface area contributed by atoms with E-state index in [4.69, 9.17) is 5.73 Å². The summed E-state index contributed by atoms with van der Waals surface area (Å²) in [5.74, 6) is 0.421. The van der Waals surface area contributed by atoms with Crippen LogP contribution in [0.5, 0.6) is 0 Å². The molecule has 1 unspecified atom stereocenters. The molecule has 2 aliphatic carbocycles. The molecule has 1 aromatic carbocycles. The van der Waals surface area contributed by atoms with Gasteiger partial charge in [-0.25, -0.2) is 4.39 Å². The van der Waals surface area contributed by atoms with E-state index in [1.165, 1.54) is 17.5 Å². The Bertz CT molecular complexity index is 435. The number of halogens is 1. The van der Waals surface area contributed by atoms with Crippen LogP contribution < -0.4 is 5.73 Å². The molecule has 0 aliphatic heterocycles. The second kappa shape index (κ2) is 5.24. The molecular formula is C17H24FN. The zero-order valence-corrected chi connectivity index (χ0v) is 11.6. The highest BCUT2D eigenvalue weighted by molar-refractivity contribution is 5.32. The van der Waals surface area contributed by atoms with Gasteiger partial charge < -0.3 is 5.73 Å². The normalized spacial score (nSPS) is 34.8. The predicted octanol–water partition coefficient (Wildman–Crippen LogP) is 4.11. The highest BCUT2D eigenvalue weighted by Gasteiger charge is 2.37. The molecular weight excluding hydrogens is 237 g/mol. The first-order valence-electron chi connectivity index (χ1n) is 7.69. The molecule has 2 heteroatoms. The first-order chi connectivity index (χ1) is 9.16. The summed E-state index contributed by atoms with van der Waals surface area (Å²) in [4.78, 5) is 0. The maximum Gasteiger partial charge on any atom is 0.111 e. The van der Waals surface area contributed by atoms with Gasteiger partial charge in [0.05, 0.1) is 0 Å². The third kappa shape index (κ3) is 2.84. The monoisotopic (exact) mass is 261 g/mol. The van der Waals surface area contributed by atoms with Crippen LogP contribution in [0, 0.1) is 0 Å². The van der Waals surface area contributed by atoms with Crippen LogP contribution in [0.25, 0.3) is 0 Å². The fraction of sp³-hybridized carbons (Fsp3) is 0.647. The van der Waals surface area contributed by atoms with E-state index in [-0.39, 0.29) is 6.04 Å². The summed E-state index contributed by atoms with van der Waals surface area (Å²) in [6.07, 6.45) is 7.25. The lowest BCUT2D eigenvalue weighted by Crippen LogP contribution is -2.37. The van der Waals surface area contributed by atoms with Gasteiger partial charge in [0.1, 0.15) is 5.67 Å². The number of rotatable bonds is 2. The van der Waals surface area contributed by atoms with Crippen LogP contribution in [0.3, 0.4) is 0 Å². The highest BCUT2D eigenvalue weighted by Crippen LogP contribution is 2.43. The molecule has 0 bridgehead atoms. The summed E-state index contributed by atoms with van der Waals surface area (Å²) >= 11 is 0. The van der Waals surface area contributed by atoms with E-state index in [0.717, 1.165) is 25.7 Å². The van der Waals surface area contributed by atoms with Crippen LogP contribution >= 0.6 is 0 Å². The van der Waals surface area contributed by atoms with Crippen molar-refractivity contribution in [1.82, 2.24) is 0 Å². The third-order valence-electron chi connectivity index (χ3n) is 5.03. The Morgan fingerprint density at radius 2 is 1.89 bits per heavy atom. The predicted molar refractivity (Wildman–Crippen MR) is 77.0 cm³/mol. The molecule has 2 N–H and O–H groups in total. The summed E-state index contributed by atoms with van der Waals surface area (Å²) < 4.78 is 15.0. The topological polar surface area (TPSA) is 26.0 Å². The number of aryl methyl sites for hydroxylation is 1. The van der Waals surface area contributed by atoms with E-state index in [2.05, 4.69) is 24.3 Å². The fourth-order valence-corrected chi connectivity index (χ4v) is 3.87. The van der Waals surface area contributed by atoms with Crippen molar-refractivity contribution in [2.75, 3.05) is 0 Å². The molecule has 1 atom stereocenters. The molecule has 0 radical (unpaired) electrons. The Morgan fingerprint density at radius 1 is 1.16 bits per heavy atom. The van der Waals surface area contributed by atoms with Gasteiger partial charge in [0, 0.05) is 6.04 Å². The Hall–Kier alpha value is -0.890. The second-order valence-electron chi connectivity index (χ2n) is 6.48. The summed E-state index contributed by atoms with van der Waals surface area (Å²) in [7, 11) is 0. The zero-order chi connectivity index (χ0) is 13.3. The van der Waals surface area contributed by atoms with Crippen molar-refractivity contribution in [1.29, 1.82) is 0 Å². The SMILES string of the molecule is NC1CCC(F)(CC2CCCc3ccccc32)CC1. The van der Waals surface area contributed by atoms with Gasteiger partial charge >= 0.3 is 0 Å². The molecule has 0 saturated heterocycles. The van der Waals surface area contributed by atoms with Gasteiger partial charge in [-0.15, -0.1) is 0 Å². The number of alkyl halides is 1. The fourth-order valence-electron chi connectivity index (χ4n) is 3.87. The Labute approximate surface area is 115 Å². The molecule has 19 heavy (non-hydrogen) atoms. The minimum Gasteiger partial charge on any atom is -0.328 e. The average Bonchev–Trinajstić information content (AvgIpc) is 2.43. The number of hydrogen-bond acceptors (Lipinski definition) is 1. The summed E-state index contributed by atoms with van der Waals surface area (Å²) in [5, 5.41) is 0. The zero-order valence-electron chi connectivity index (χ0n) is 11.6. The van der Waals surface area contributed by atoms with Gasteiger partial charge in [0.25, 0.3) is 0 Å². The van der Waals surface area contributed by atoms with Crippen LogP contribution in [-0.2, 0) is 6.42 Å². The summed E-state index contributed by atoms with van der Waals surface area (Å²) in [5.41, 5.74) is 7.77. The number of nitrogens with two attached hydrogens (primary N) is 1. The van der Waals surface area contributed by atoms with Crippen molar-refractivity contribution in [3.05, 3.63) is 35.4 Å². The summed E-state index contributed by atoms with van der Waals surface area (Å²) in [6, 6.07) is 8.84. The molecule has 0 aromatic heterocycles. The van der Waals surface area contributed by atoms with E-state index >= 15 is 0 Å². The van der Waals surface area contributed by atoms with E-state index in [0.29, 0.717) is 25.2 Å². The van der Waals surface area contributed by atoms with Gasteiger partial charge in [-0.1, -0.05) is 24.3 Å². The van der Waals surface area contributed by atoms with Crippen molar-refractivity contribution in [3.63, 3.8) is 0 Å². The van der Waals surface area contributed by atoms with Crippen molar-refractivity contribution < 1.29 is 4.39 Å². The van der Waals surface area contributed by atoms with E-state index in [9.17, 15) is 4.39 Å². The Balaban J connectivity index is 1.74. The smallest absolute Gasteiger partial charge is 0.111 e. The largest absolute Gasteiger partial charge is 0.328 e. The number of benzene rings is 1. The van der Waals surface area contributed by atoms with Gasteiger partial charge in [-0.2, -0.15) is 0 Å². The van der Waals surface area contributed by atoms with Crippen molar-refractivity contribution in [2.24, 2.45) is 5.73 Å². The molecule has 3 rings (SSSR count). The first kappa shape index (κ1) is 13.1. The molecule has 0 heterocycles. The van der Waals surface area contributed by atoms with Crippen molar-refractivity contribution in [3.8, 4) is 0 Å². The molecule has 1 nitrogen and oxygen atoms in total. The molecule has 0 amide bonds. The molecule has 1 saturated carbocycles. The van der Waals surface area contributed by atoms with E-state index in [1.54, 1.807) is 0 Å². The van der Waals surface area contributed by atoms with E-state index in [1.807, 2.05) is 0 Å². The second-order valence-corrected chi connectivity index (χ2v) is 6.48. The van der Waals surface area contributed by atoms with Gasteiger partial charge in [-0.3, -0.25) is 0 Å². The van der Waals surface area contributed by atoms with Gasteiger partial charge in [0.2, 0.25) is 0 Å². The summed E-state index contributed by atoms with van der Waals surface area (Å²) in [6.45, 7) is 0. The Morgan fingerprint density at radius 3 is 2.68 bits per heavy atom. The number of fused-ring (bicyclic) bond motifs is 1. The molecule has 104 valence electrons. The quantitative estimate of drug-likeness (QED) is 0.852. The first-order valence-corrected chi connectivity index (χ1v) is 7.69. The average molecular weight is 261 g/mol. The molecule has 0 spiro atoms. The lowest BCUT2D eigenvalue weighted by molar-refractivity contribution is 0.0781. The van der Waals surface area contributed by atoms with Crippen LogP contribution in [0.2, 0.25) is 0 Å². The van der Waals surface area contributed by atoms with Gasteiger partial charge in [-0.05, 0) is 68.4 Å². The standard InChI is InChI=1S/C17H24FN/c18-17(10-8-15(19)9-11-17)12-14-6-3-5-13-4-1-2-7-16(13)14/h1-2,4,7,14-15H,3,5-6,8-12,19H2. The molecule has 1 aromatic rings. The Kier molecular flexibility index (Phi) is 3.62. The maximum absolute atomic E-state index is 15.0.